The maximum atomic E-state index is 11.1. The Morgan fingerprint density at radius 2 is 2.21 bits per heavy atom. The van der Waals surface area contributed by atoms with Crippen LogP contribution in [0.4, 0.5) is 0 Å². The van der Waals surface area contributed by atoms with Gasteiger partial charge in [0.2, 0.25) is 5.91 Å². The minimum Gasteiger partial charge on any atom is -0.389 e. The Morgan fingerprint density at radius 3 is 2.79 bits per heavy atom. The molecule has 0 aliphatic carbocycles. The van der Waals surface area contributed by atoms with Crippen LogP contribution in [0, 0.1) is 0 Å². The van der Waals surface area contributed by atoms with Crippen LogP contribution in [0.15, 0.2) is 0 Å². The first kappa shape index (κ1) is 16.4. The number of rotatable bonds is 5. The largest absolute Gasteiger partial charge is 0.389 e. The van der Waals surface area contributed by atoms with Crippen LogP contribution in [-0.2, 0) is 9.53 Å². The van der Waals surface area contributed by atoms with E-state index in [1.807, 2.05) is 20.8 Å². The summed E-state index contributed by atoms with van der Waals surface area (Å²) in [6.07, 6.45) is 1.60. The number of aliphatic hydroxyl groups is 1. The van der Waals surface area contributed by atoms with Crippen molar-refractivity contribution >= 4 is 5.91 Å². The maximum absolute atomic E-state index is 11.1. The molecule has 2 atom stereocenters. The molecule has 5 heteroatoms. The fourth-order valence-electron chi connectivity index (χ4n) is 2.32. The average molecular weight is 272 g/mol. The molecule has 0 spiro atoms. The van der Waals surface area contributed by atoms with Crippen LogP contribution in [-0.4, -0.2) is 59.9 Å². The van der Waals surface area contributed by atoms with Gasteiger partial charge in [-0.1, -0.05) is 0 Å². The van der Waals surface area contributed by atoms with Gasteiger partial charge >= 0.3 is 0 Å². The Hall–Kier alpha value is -0.650. The van der Waals surface area contributed by atoms with Crippen LogP contribution in [0.2, 0.25) is 0 Å². The normalized spacial score (nSPS) is 23.1. The Bertz CT molecular complexity index is 289. The number of likely N-dealkylation sites (tertiary alicyclic amines) is 1. The molecule has 112 valence electrons. The van der Waals surface area contributed by atoms with E-state index < -0.39 is 6.10 Å². The molecule has 1 heterocycles. The molecule has 1 aliphatic heterocycles. The van der Waals surface area contributed by atoms with Gasteiger partial charge in [0.15, 0.2) is 0 Å². The minimum absolute atomic E-state index is 0.0171. The smallest absolute Gasteiger partial charge is 0.217 e. The van der Waals surface area contributed by atoms with Gasteiger partial charge in [-0.25, -0.2) is 0 Å². The minimum atomic E-state index is -0.477. The second-order valence-electron chi connectivity index (χ2n) is 6.38. The van der Waals surface area contributed by atoms with Crippen molar-refractivity contribution < 1.29 is 14.6 Å². The molecule has 1 fully saturated rings. The molecule has 5 nitrogen and oxygen atoms in total. The predicted molar refractivity (Wildman–Crippen MR) is 75.0 cm³/mol. The highest BCUT2D eigenvalue weighted by atomic mass is 16.5. The molecule has 1 aliphatic rings. The van der Waals surface area contributed by atoms with Gasteiger partial charge in [0.1, 0.15) is 0 Å². The van der Waals surface area contributed by atoms with E-state index in [1.54, 1.807) is 6.92 Å². The number of hydrogen-bond acceptors (Lipinski definition) is 4. The SMILES string of the molecule is CC(=O)NC1CCCN(CC(O)COC(C)(C)C)C1. The van der Waals surface area contributed by atoms with Crippen LogP contribution in [0.1, 0.15) is 40.5 Å². The van der Waals surface area contributed by atoms with Gasteiger partial charge in [-0.05, 0) is 40.2 Å². The number of amides is 1. The van der Waals surface area contributed by atoms with Gasteiger partial charge in [-0.2, -0.15) is 0 Å². The zero-order valence-corrected chi connectivity index (χ0v) is 12.6. The van der Waals surface area contributed by atoms with E-state index in [1.165, 1.54) is 0 Å². The number of nitrogens with one attached hydrogen (secondary N) is 1. The molecule has 0 saturated carbocycles. The van der Waals surface area contributed by atoms with E-state index in [-0.39, 0.29) is 17.6 Å². The lowest BCUT2D eigenvalue weighted by Gasteiger charge is -2.34. The number of β-amino-alcohol motifs (C(OH)–C–C–N with tert-alkyl or cyclic N) is 1. The summed E-state index contributed by atoms with van der Waals surface area (Å²) < 4.78 is 5.58. The number of hydrogen-bond donors (Lipinski definition) is 2. The fraction of sp³-hybridized carbons (Fsp3) is 0.929. The average Bonchev–Trinajstić information content (AvgIpc) is 2.25. The quantitative estimate of drug-likeness (QED) is 0.776. The summed E-state index contributed by atoms with van der Waals surface area (Å²) in [5.74, 6) is 0.0171. The van der Waals surface area contributed by atoms with Gasteiger partial charge in [0, 0.05) is 26.1 Å². The molecule has 2 unspecified atom stereocenters. The third-order valence-corrected chi connectivity index (χ3v) is 3.09. The summed E-state index contributed by atoms with van der Waals surface area (Å²) in [4.78, 5) is 13.2. The van der Waals surface area contributed by atoms with E-state index in [9.17, 15) is 9.90 Å². The molecule has 2 N–H and O–H groups in total. The lowest BCUT2D eigenvalue weighted by molar-refractivity contribution is -0.120. The molecular weight excluding hydrogens is 244 g/mol. The Labute approximate surface area is 116 Å². The third kappa shape index (κ3) is 7.50. The molecular formula is C14H28N2O3. The Balaban J connectivity index is 2.29. The number of ether oxygens (including phenoxy) is 1. The van der Waals surface area contributed by atoms with Crippen LogP contribution in [0.3, 0.4) is 0 Å². The Morgan fingerprint density at radius 1 is 1.53 bits per heavy atom. The fourth-order valence-corrected chi connectivity index (χ4v) is 2.32. The molecule has 0 aromatic heterocycles. The van der Waals surface area contributed by atoms with Gasteiger partial charge in [0.05, 0.1) is 18.3 Å². The van der Waals surface area contributed by atoms with E-state index in [0.29, 0.717) is 13.2 Å². The molecule has 0 radical (unpaired) electrons. The summed E-state index contributed by atoms with van der Waals surface area (Å²) in [6.45, 7) is 10.2. The summed E-state index contributed by atoms with van der Waals surface area (Å²) in [6, 6.07) is 0.210. The van der Waals surface area contributed by atoms with Gasteiger partial charge in [-0.15, -0.1) is 0 Å². The van der Waals surface area contributed by atoms with Crippen LogP contribution in [0.25, 0.3) is 0 Å². The van der Waals surface area contributed by atoms with Crippen LogP contribution in [0.5, 0.6) is 0 Å². The second-order valence-corrected chi connectivity index (χ2v) is 6.38. The molecule has 1 amide bonds. The standard InChI is InChI=1S/C14H28N2O3/c1-11(17)15-12-6-5-7-16(8-12)9-13(18)10-19-14(2,3)4/h12-13,18H,5-10H2,1-4H3,(H,15,17). The van der Waals surface area contributed by atoms with Crippen molar-refractivity contribution in [1.82, 2.24) is 10.2 Å². The van der Waals surface area contributed by atoms with E-state index in [2.05, 4.69) is 10.2 Å². The summed E-state index contributed by atoms with van der Waals surface area (Å²) >= 11 is 0. The molecule has 0 bridgehead atoms. The van der Waals surface area contributed by atoms with E-state index in [4.69, 9.17) is 4.74 Å². The molecule has 0 aromatic carbocycles. The predicted octanol–water partition coefficient (Wildman–Crippen LogP) is 0.763. The van der Waals surface area contributed by atoms with Crippen LogP contribution < -0.4 is 5.32 Å². The van der Waals surface area contributed by atoms with Gasteiger partial charge in [0.25, 0.3) is 0 Å². The van der Waals surface area contributed by atoms with Crippen molar-refractivity contribution in [3.8, 4) is 0 Å². The second kappa shape index (κ2) is 7.22. The van der Waals surface area contributed by atoms with E-state index in [0.717, 1.165) is 25.9 Å². The van der Waals surface area contributed by atoms with Crippen molar-refractivity contribution in [1.29, 1.82) is 0 Å². The first-order chi connectivity index (χ1) is 8.76. The van der Waals surface area contributed by atoms with E-state index >= 15 is 0 Å². The van der Waals surface area contributed by atoms with Crippen molar-refractivity contribution in [3.05, 3.63) is 0 Å². The monoisotopic (exact) mass is 272 g/mol. The number of carbonyl (C=O) groups excluding carboxylic acids is 1. The number of carbonyl (C=O) groups is 1. The summed E-state index contributed by atoms with van der Waals surface area (Å²) in [7, 11) is 0. The topological polar surface area (TPSA) is 61.8 Å². The Kier molecular flexibility index (Phi) is 6.23. The lowest BCUT2D eigenvalue weighted by atomic mass is 10.1. The van der Waals surface area contributed by atoms with Crippen LogP contribution >= 0.6 is 0 Å². The summed E-state index contributed by atoms with van der Waals surface area (Å²) in [5.41, 5.74) is -0.221. The highest BCUT2D eigenvalue weighted by Crippen LogP contribution is 2.12. The third-order valence-electron chi connectivity index (χ3n) is 3.09. The highest BCUT2D eigenvalue weighted by molar-refractivity contribution is 5.73. The van der Waals surface area contributed by atoms with Crippen molar-refractivity contribution in [2.24, 2.45) is 0 Å². The molecule has 0 aromatic rings. The van der Waals surface area contributed by atoms with Crippen molar-refractivity contribution in [2.75, 3.05) is 26.2 Å². The van der Waals surface area contributed by atoms with Gasteiger partial charge in [-0.3, -0.25) is 9.69 Å². The summed E-state index contributed by atoms with van der Waals surface area (Å²) in [5, 5.41) is 12.9. The van der Waals surface area contributed by atoms with Crippen molar-refractivity contribution in [3.63, 3.8) is 0 Å². The number of nitrogens with zero attached hydrogens (tertiary/aromatic N) is 1. The maximum Gasteiger partial charge on any atom is 0.217 e. The molecule has 1 saturated heterocycles. The van der Waals surface area contributed by atoms with Crippen molar-refractivity contribution in [2.45, 2.75) is 58.3 Å². The zero-order chi connectivity index (χ0) is 14.5. The molecule has 19 heavy (non-hydrogen) atoms. The zero-order valence-electron chi connectivity index (χ0n) is 12.6. The number of piperidine rings is 1. The van der Waals surface area contributed by atoms with Gasteiger partial charge < -0.3 is 15.2 Å². The highest BCUT2D eigenvalue weighted by Gasteiger charge is 2.23. The number of aliphatic hydroxyl groups excluding tert-OH is 1. The lowest BCUT2D eigenvalue weighted by Crippen LogP contribution is -2.49. The molecule has 1 rings (SSSR count). The first-order valence-corrected chi connectivity index (χ1v) is 7.08. The first-order valence-electron chi connectivity index (χ1n) is 7.08.